The van der Waals surface area contributed by atoms with Gasteiger partial charge in [-0.3, -0.25) is 4.79 Å². The van der Waals surface area contributed by atoms with Crippen molar-refractivity contribution in [2.24, 2.45) is 0 Å². The van der Waals surface area contributed by atoms with Crippen LogP contribution in [0.25, 0.3) is 0 Å². The molecule has 0 radical (unpaired) electrons. The summed E-state index contributed by atoms with van der Waals surface area (Å²) in [6, 6.07) is 14.0. The van der Waals surface area contributed by atoms with Crippen molar-refractivity contribution in [2.45, 2.75) is 30.8 Å². The summed E-state index contributed by atoms with van der Waals surface area (Å²) in [4.78, 5) is 14.7. The molecule has 0 atom stereocenters. The molecule has 0 saturated carbocycles. The molecule has 8 heteroatoms. The normalized spacial score (nSPS) is 14.5. The smallest absolute Gasteiger partial charge is 0.257 e. The van der Waals surface area contributed by atoms with Gasteiger partial charge in [-0.25, -0.2) is 13.1 Å². The second kappa shape index (κ2) is 10.6. The van der Waals surface area contributed by atoms with Gasteiger partial charge in [-0.05, 0) is 43.0 Å². The summed E-state index contributed by atoms with van der Waals surface area (Å²) in [5.74, 6) is 0.172. The molecule has 0 aromatic heterocycles. The van der Waals surface area contributed by atoms with E-state index in [4.69, 9.17) is 9.47 Å². The lowest BCUT2D eigenvalue weighted by Crippen LogP contribution is -2.36. The van der Waals surface area contributed by atoms with E-state index < -0.39 is 10.0 Å². The number of rotatable bonds is 9. The SMILES string of the molecule is COc1ccc(S(=O)(=O)NCCOCc2ccccc2)cc1C(=O)N1CCCCC1. The summed E-state index contributed by atoms with van der Waals surface area (Å²) in [7, 11) is -2.30. The monoisotopic (exact) mass is 432 g/mol. The van der Waals surface area contributed by atoms with Gasteiger partial charge in [-0.1, -0.05) is 30.3 Å². The summed E-state index contributed by atoms with van der Waals surface area (Å²) in [6.45, 7) is 2.14. The number of ether oxygens (including phenoxy) is 2. The van der Waals surface area contributed by atoms with Crippen LogP contribution in [0.1, 0.15) is 35.2 Å². The Hall–Kier alpha value is -2.42. The highest BCUT2D eigenvalue weighted by atomic mass is 32.2. The van der Waals surface area contributed by atoms with Crippen LogP contribution in [-0.2, 0) is 21.4 Å². The first-order chi connectivity index (χ1) is 14.5. The van der Waals surface area contributed by atoms with E-state index >= 15 is 0 Å². The second-order valence-corrected chi connectivity index (χ2v) is 8.92. The third-order valence-electron chi connectivity index (χ3n) is 5.00. The third kappa shape index (κ3) is 5.81. The predicted molar refractivity (Wildman–Crippen MR) is 114 cm³/mol. The minimum atomic E-state index is -3.77. The first kappa shape index (κ1) is 22.3. The van der Waals surface area contributed by atoms with Crippen LogP contribution in [0.3, 0.4) is 0 Å². The Morgan fingerprint density at radius 3 is 2.50 bits per heavy atom. The Morgan fingerprint density at radius 1 is 1.07 bits per heavy atom. The molecule has 0 unspecified atom stereocenters. The van der Waals surface area contributed by atoms with E-state index in [-0.39, 0.29) is 29.5 Å². The maximum Gasteiger partial charge on any atom is 0.257 e. The lowest BCUT2D eigenvalue weighted by Gasteiger charge is -2.27. The van der Waals surface area contributed by atoms with Gasteiger partial charge in [0, 0.05) is 19.6 Å². The zero-order valence-electron chi connectivity index (χ0n) is 17.2. The number of carbonyl (C=O) groups excluding carboxylic acids is 1. The van der Waals surface area contributed by atoms with E-state index in [9.17, 15) is 13.2 Å². The van der Waals surface area contributed by atoms with E-state index in [0.29, 0.717) is 25.4 Å². The average Bonchev–Trinajstić information content (AvgIpc) is 2.79. The number of nitrogens with one attached hydrogen (secondary N) is 1. The maximum atomic E-state index is 12.9. The molecule has 7 nitrogen and oxygen atoms in total. The Morgan fingerprint density at radius 2 is 1.80 bits per heavy atom. The van der Waals surface area contributed by atoms with E-state index in [1.807, 2.05) is 30.3 Å². The number of piperidine rings is 1. The van der Waals surface area contributed by atoms with Crippen molar-refractivity contribution < 1.29 is 22.7 Å². The first-order valence-electron chi connectivity index (χ1n) is 10.1. The summed E-state index contributed by atoms with van der Waals surface area (Å²) in [5, 5.41) is 0. The van der Waals surface area contributed by atoms with Gasteiger partial charge in [0.15, 0.2) is 0 Å². The van der Waals surface area contributed by atoms with Crippen molar-refractivity contribution in [3.05, 3.63) is 59.7 Å². The van der Waals surface area contributed by atoms with Gasteiger partial charge in [0.1, 0.15) is 5.75 Å². The summed E-state index contributed by atoms with van der Waals surface area (Å²) in [6.07, 6.45) is 3.01. The van der Waals surface area contributed by atoms with Gasteiger partial charge in [-0.15, -0.1) is 0 Å². The van der Waals surface area contributed by atoms with E-state index in [2.05, 4.69) is 4.72 Å². The second-order valence-electron chi connectivity index (χ2n) is 7.15. The van der Waals surface area contributed by atoms with Gasteiger partial charge < -0.3 is 14.4 Å². The van der Waals surface area contributed by atoms with Crippen LogP contribution in [0.15, 0.2) is 53.4 Å². The minimum absolute atomic E-state index is 0.0340. The molecule has 1 fully saturated rings. The number of sulfonamides is 1. The van der Waals surface area contributed by atoms with Gasteiger partial charge in [0.25, 0.3) is 5.91 Å². The van der Waals surface area contributed by atoms with E-state index in [1.54, 1.807) is 4.90 Å². The molecule has 1 aliphatic heterocycles. The largest absolute Gasteiger partial charge is 0.496 e. The van der Waals surface area contributed by atoms with Gasteiger partial charge in [0.2, 0.25) is 10.0 Å². The van der Waals surface area contributed by atoms with Crippen LogP contribution in [-0.4, -0.2) is 52.6 Å². The zero-order chi connectivity index (χ0) is 21.4. The number of amides is 1. The summed E-state index contributed by atoms with van der Waals surface area (Å²) >= 11 is 0. The van der Waals surface area contributed by atoms with Gasteiger partial charge in [-0.2, -0.15) is 0 Å². The number of likely N-dealkylation sites (tertiary alicyclic amines) is 1. The topological polar surface area (TPSA) is 84.9 Å². The predicted octanol–water partition coefficient (Wildman–Crippen LogP) is 2.82. The van der Waals surface area contributed by atoms with Crippen LogP contribution < -0.4 is 9.46 Å². The Bertz CT molecular complexity index is 941. The van der Waals surface area contributed by atoms with Crippen LogP contribution in [0, 0.1) is 0 Å². The molecule has 2 aromatic carbocycles. The first-order valence-corrected chi connectivity index (χ1v) is 11.6. The van der Waals surface area contributed by atoms with Gasteiger partial charge in [0.05, 0.1) is 30.8 Å². The Kier molecular flexibility index (Phi) is 7.84. The quantitative estimate of drug-likeness (QED) is 0.616. The van der Waals surface area contributed by atoms with Crippen LogP contribution in [0.2, 0.25) is 0 Å². The Balaban J connectivity index is 1.62. The van der Waals surface area contributed by atoms with Crippen LogP contribution in [0.4, 0.5) is 0 Å². The molecular weight excluding hydrogens is 404 g/mol. The highest BCUT2D eigenvalue weighted by Crippen LogP contribution is 2.25. The number of nitrogens with zero attached hydrogens (tertiary/aromatic N) is 1. The number of methoxy groups -OCH3 is 1. The number of benzene rings is 2. The zero-order valence-corrected chi connectivity index (χ0v) is 18.0. The van der Waals surface area contributed by atoms with Crippen molar-refractivity contribution in [2.75, 3.05) is 33.4 Å². The molecule has 1 heterocycles. The fourth-order valence-electron chi connectivity index (χ4n) is 3.38. The highest BCUT2D eigenvalue weighted by molar-refractivity contribution is 7.89. The Labute approximate surface area is 178 Å². The molecule has 0 bridgehead atoms. The number of hydrogen-bond acceptors (Lipinski definition) is 5. The lowest BCUT2D eigenvalue weighted by atomic mass is 10.1. The van der Waals surface area contributed by atoms with Crippen LogP contribution in [0.5, 0.6) is 5.75 Å². The van der Waals surface area contributed by atoms with Crippen molar-refractivity contribution in [1.82, 2.24) is 9.62 Å². The van der Waals surface area contributed by atoms with Crippen molar-refractivity contribution in [3.8, 4) is 5.75 Å². The molecule has 0 spiro atoms. The number of hydrogen-bond donors (Lipinski definition) is 1. The fourth-order valence-corrected chi connectivity index (χ4v) is 4.42. The molecule has 1 aliphatic rings. The summed E-state index contributed by atoms with van der Waals surface area (Å²) < 4.78 is 38.7. The van der Waals surface area contributed by atoms with Crippen molar-refractivity contribution in [1.29, 1.82) is 0 Å². The molecule has 1 saturated heterocycles. The highest BCUT2D eigenvalue weighted by Gasteiger charge is 2.24. The van der Waals surface area contributed by atoms with E-state index in [1.165, 1.54) is 25.3 Å². The average molecular weight is 433 g/mol. The fraction of sp³-hybridized carbons (Fsp3) is 0.409. The standard InChI is InChI=1S/C22H28N2O5S/c1-28-21-11-10-19(16-20(21)22(25)24-13-6-3-7-14-24)30(26,27)23-12-15-29-17-18-8-4-2-5-9-18/h2,4-5,8-11,16,23H,3,6-7,12-15,17H2,1H3. The molecule has 162 valence electrons. The number of carbonyl (C=O) groups is 1. The van der Waals surface area contributed by atoms with Crippen molar-refractivity contribution >= 4 is 15.9 Å². The minimum Gasteiger partial charge on any atom is -0.496 e. The molecule has 2 aromatic rings. The molecule has 1 amide bonds. The molecular formula is C22H28N2O5S. The van der Waals surface area contributed by atoms with E-state index in [0.717, 1.165) is 24.8 Å². The molecule has 0 aliphatic carbocycles. The van der Waals surface area contributed by atoms with Crippen molar-refractivity contribution in [3.63, 3.8) is 0 Å². The summed E-state index contributed by atoms with van der Waals surface area (Å²) in [5.41, 5.74) is 1.29. The lowest BCUT2D eigenvalue weighted by molar-refractivity contribution is 0.0720. The maximum absolute atomic E-state index is 12.9. The molecule has 1 N–H and O–H groups in total. The molecule has 30 heavy (non-hydrogen) atoms. The molecule has 3 rings (SSSR count). The third-order valence-corrected chi connectivity index (χ3v) is 6.46. The van der Waals surface area contributed by atoms with Gasteiger partial charge >= 0.3 is 0 Å². The van der Waals surface area contributed by atoms with Crippen LogP contribution >= 0.6 is 0 Å².